The van der Waals surface area contributed by atoms with Gasteiger partial charge in [-0.3, -0.25) is 23.2 Å². The normalized spacial score (nSPS) is 19.7. The Morgan fingerprint density at radius 2 is 1.19 bits per heavy atom. The third kappa shape index (κ3) is 29.2. The summed E-state index contributed by atoms with van der Waals surface area (Å²) in [6, 6.07) is 1.25. The van der Waals surface area contributed by atoms with E-state index in [2.05, 4.69) is 59.6 Å². The van der Waals surface area contributed by atoms with Crippen LogP contribution in [0.2, 0.25) is 0 Å². The van der Waals surface area contributed by atoms with E-state index in [1.165, 1.54) is 63.9 Å². The van der Waals surface area contributed by atoms with Crippen molar-refractivity contribution >= 4 is 33.4 Å². The van der Waals surface area contributed by atoms with Crippen LogP contribution in [-0.2, 0) is 46.3 Å². The Kier molecular flexibility index (Phi) is 33.1. The lowest BCUT2D eigenvalue weighted by Crippen LogP contribution is -2.36. The number of hydrogen-bond donors (Lipinski definition) is 5. The van der Waals surface area contributed by atoms with Crippen molar-refractivity contribution in [2.24, 2.45) is 0 Å². The highest BCUT2D eigenvalue weighted by Gasteiger charge is 2.46. The van der Waals surface area contributed by atoms with Crippen LogP contribution in [0.4, 0.5) is 5.82 Å². The van der Waals surface area contributed by atoms with Crippen molar-refractivity contribution in [3.63, 3.8) is 0 Å². The Morgan fingerprint density at radius 1 is 0.706 bits per heavy atom. The summed E-state index contributed by atoms with van der Waals surface area (Å²) in [5.41, 5.74) is 4.59. The molecule has 68 heavy (non-hydrogen) atoms. The summed E-state index contributed by atoms with van der Waals surface area (Å²) in [6.07, 6.45) is 32.2. The van der Waals surface area contributed by atoms with E-state index in [-0.39, 0.29) is 18.7 Å². The van der Waals surface area contributed by atoms with Crippen LogP contribution < -0.4 is 11.4 Å². The zero-order valence-corrected chi connectivity index (χ0v) is 42.4. The molecule has 7 atom stereocenters. The molecule has 0 aliphatic carbocycles. The minimum Gasteiger partial charge on any atom is -0.462 e. The number of phosphoric ester groups is 2. The van der Waals surface area contributed by atoms with Gasteiger partial charge in [-0.05, 0) is 76.7 Å². The SMILES string of the molecule is CCCCCC=CCC=CCCCCCCCC(=O)OC(COC(=O)CCCCCCCC=CCCCCCCCC)COP(=O)(O)OP(=O)(O)OCC1OC(n2ccc(N)nc2=O)C(O)C1O. The fourth-order valence-electron chi connectivity index (χ4n) is 7.28. The Bertz CT molecular complexity index is 1780. The first-order chi connectivity index (χ1) is 32.7. The van der Waals surface area contributed by atoms with Crippen molar-refractivity contribution in [2.75, 3.05) is 25.6 Å². The van der Waals surface area contributed by atoms with Crippen LogP contribution in [0, 0.1) is 0 Å². The predicted octanol–water partition coefficient (Wildman–Crippen LogP) is 10.0. The zero-order chi connectivity index (χ0) is 49.9. The first-order valence-electron chi connectivity index (χ1n) is 25.0. The molecule has 20 heteroatoms. The number of aliphatic hydroxyl groups excluding tert-OH is 2. The number of ether oxygens (including phenoxy) is 3. The third-order valence-electron chi connectivity index (χ3n) is 11.2. The monoisotopic (exact) mass is 1000 g/mol. The molecule has 390 valence electrons. The van der Waals surface area contributed by atoms with E-state index >= 15 is 0 Å². The van der Waals surface area contributed by atoms with E-state index in [4.69, 9.17) is 29.0 Å². The molecular formula is C48H83N3O15P2. The summed E-state index contributed by atoms with van der Waals surface area (Å²) in [5, 5.41) is 20.9. The Labute approximate surface area is 404 Å². The molecule has 1 aromatic rings. The van der Waals surface area contributed by atoms with Crippen molar-refractivity contribution in [3.05, 3.63) is 59.2 Å². The van der Waals surface area contributed by atoms with E-state index in [1.807, 2.05) is 0 Å². The van der Waals surface area contributed by atoms with E-state index < -0.39 is 83.7 Å². The summed E-state index contributed by atoms with van der Waals surface area (Å²) in [6.45, 7) is 2.10. The van der Waals surface area contributed by atoms with Crippen molar-refractivity contribution in [1.82, 2.24) is 9.55 Å². The van der Waals surface area contributed by atoms with Gasteiger partial charge in [0.25, 0.3) is 0 Å². The topological polar surface area (TPSA) is 265 Å². The fraction of sp³-hybridized carbons (Fsp3) is 0.750. The number of phosphoric acid groups is 2. The predicted molar refractivity (Wildman–Crippen MR) is 261 cm³/mol. The molecule has 0 radical (unpaired) electrons. The first kappa shape index (κ1) is 61.1. The minimum atomic E-state index is -5.43. The van der Waals surface area contributed by atoms with Crippen molar-refractivity contribution in [2.45, 2.75) is 211 Å². The first-order valence-corrected chi connectivity index (χ1v) is 28.0. The Hall–Kier alpha value is -3.02. The quantitative estimate of drug-likeness (QED) is 0.0177. The van der Waals surface area contributed by atoms with Gasteiger partial charge in [-0.2, -0.15) is 9.29 Å². The molecular weight excluding hydrogens is 920 g/mol. The molecule has 1 aliphatic rings. The summed E-state index contributed by atoms with van der Waals surface area (Å²) >= 11 is 0. The molecule has 1 saturated heterocycles. The number of hydrogen-bond acceptors (Lipinski definition) is 15. The van der Waals surface area contributed by atoms with Gasteiger partial charge in [-0.15, -0.1) is 0 Å². The maximum absolute atomic E-state index is 12.8. The maximum atomic E-state index is 12.8. The average molecular weight is 1000 g/mol. The van der Waals surface area contributed by atoms with Gasteiger partial charge in [0.15, 0.2) is 12.3 Å². The number of aliphatic hydroxyl groups is 2. The molecule has 1 fully saturated rings. The number of carbonyl (C=O) groups is 2. The maximum Gasteiger partial charge on any atom is 0.481 e. The molecule has 0 spiro atoms. The molecule has 0 saturated carbocycles. The number of rotatable bonds is 41. The average Bonchev–Trinajstić information content (AvgIpc) is 3.57. The summed E-state index contributed by atoms with van der Waals surface area (Å²) in [4.78, 5) is 61.8. The molecule has 1 aliphatic heterocycles. The molecule has 18 nitrogen and oxygen atoms in total. The van der Waals surface area contributed by atoms with Crippen LogP contribution in [0.25, 0.3) is 0 Å². The highest BCUT2D eigenvalue weighted by Crippen LogP contribution is 2.60. The molecule has 2 rings (SSSR count). The van der Waals surface area contributed by atoms with Gasteiger partial charge in [-0.25, -0.2) is 13.9 Å². The summed E-state index contributed by atoms with van der Waals surface area (Å²) in [7, 11) is -10.8. The summed E-state index contributed by atoms with van der Waals surface area (Å²) < 4.78 is 56.7. The van der Waals surface area contributed by atoms with Crippen molar-refractivity contribution < 1.29 is 66.3 Å². The number of allylic oxidation sites excluding steroid dienone is 6. The second-order valence-electron chi connectivity index (χ2n) is 17.3. The number of unbranched alkanes of at least 4 members (excludes halogenated alkanes) is 19. The van der Waals surface area contributed by atoms with Gasteiger partial charge < -0.3 is 39.9 Å². The number of carbonyl (C=O) groups excluding carboxylic acids is 2. The van der Waals surface area contributed by atoms with Crippen LogP contribution >= 0.6 is 15.6 Å². The van der Waals surface area contributed by atoms with Gasteiger partial charge in [0.2, 0.25) is 0 Å². The van der Waals surface area contributed by atoms with Crippen LogP contribution in [0.3, 0.4) is 0 Å². The van der Waals surface area contributed by atoms with E-state index in [9.17, 15) is 43.5 Å². The lowest BCUT2D eigenvalue weighted by Gasteiger charge is -2.21. The number of nitrogens with zero attached hydrogens (tertiary/aromatic N) is 2. The standard InChI is InChI=1S/C48H83N3O15P2/c1-3-5-7-9-11-13-15-17-19-21-23-25-27-29-31-33-43(52)61-37-40(64-44(53)34-32-30-28-26-24-22-20-18-16-14-12-10-8-6-4-2)38-62-67(57,58)66-68(59,60)63-39-41-45(54)46(55)47(65-41)51-36-35-42(49)50-48(51)56/h12,14,17-20,35-36,40-41,45-47,54-55H,3-11,13,15-16,21-34,37-39H2,1-2H3,(H,57,58)(H,59,60)(H2,49,50,56). The Balaban J connectivity index is 1.82. The van der Waals surface area contributed by atoms with E-state index in [0.717, 1.165) is 94.2 Å². The second-order valence-corrected chi connectivity index (χ2v) is 20.4. The van der Waals surface area contributed by atoms with Crippen LogP contribution in [0.15, 0.2) is 53.5 Å². The molecule has 6 N–H and O–H groups in total. The van der Waals surface area contributed by atoms with E-state index in [1.54, 1.807) is 0 Å². The van der Waals surface area contributed by atoms with Gasteiger partial charge in [0.05, 0.1) is 13.2 Å². The van der Waals surface area contributed by atoms with Gasteiger partial charge in [0.1, 0.15) is 30.7 Å². The van der Waals surface area contributed by atoms with E-state index in [0.29, 0.717) is 12.8 Å². The zero-order valence-electron chi connectivity index (χ0n) is 40.7. The molecule has 7 unspecified atom stereocenters. The Morgan fingerprint density at radius 3 is 1.76 bits per heavy atom. The van der Waals surface area contributed by atoms with Crippen molar-refractivity contribution in [1.29, 1.82) is 0 Å². The lowest BCUT2D eigenvalue weighted by atomic mass is 10.1. The second kappa shape index (κ2) is 36.9. The van der Waals surface area contributed by atoms with Crippen LogP contribution in [0.5, 0.6) is 0 Å². The van der Waals surface area contributed by atoms with Crippen LogP contribution in [0.1, 0.15) is 187 Å². The van der Waals surface area contributed by atoms with Crippen molar-refractivity contribution in [3.8, 4) is 0 Å². The molecule has 0 amide bonds. The molecule has 0 bridgehead atoms. The largest absolute Gasteiger partial charge is 0.481 e. The van der Waals surface area contributed by atoms with Gasteiger partial charge >= 0.3 is 33.3 Å². The minimum absolute atomic E-state index is 0.0327. The van der Waals surface area contributed by atoms with Crippen LogP contribution in [-0.4, -0.2) is 85.7 Å². The molecule has 0 aromatic carbocycles. The number of anilines is 1. The highest BCUT2D eigenvalue weighted by atomic mass is 31.3. The molecule has 1 aromatic heterocycles. The number of aromatic nitrogens is 2. The number of esters is 2. The van der Waals surface area contributed by atoms with Gasteiger partial charge in [-0.1, -0.05) is 134 Å². The highest BCUT2D eigenvalue weighted by molar-refractivity contribution is 7.61. The third-order valence-corrected chi connectivity index (χ3v) is 13.8. The van der Waals surface area contributed by atoms with Gasteiger partial charge in [0, 0.05) is 19.0 Å². The summed E-state index contributed by atoms with van der Waals surface area (Å²) in [5.74, 6) is -1.32. The fourth-order valence-corrected chi connectivity index (χ4v) is 9.39. The molecule has 2 heterocycles. The number of nitrogen functional groups attached to an aromatic ring is 1. The lowest BCUT2D eigenvalue weighted by molar-refractivity contribution is -0.161. The smallest absolute Gasteiger partial charge is 0.462 e. The number of nitrogens with two attached hydrogens (primary N) is 1.